The van der Waals surface area contributed by atoms with Gasteiger partial charge in [0.15, 0.2) is 6.29 Å². The van der Waals surface area contributed by atoms with Crippen LogP contribution >= 0.6 is 0 Å². The molecule has 1 fully saturated rings. The molecular formula is C35H54FNO2. The van der Waals surface area contributed by atoms with E-state index < -0.39 is 0 Å². The van der Waals surface area contributed by atoms with Crippen molar-refractivity contribution >= 4 is 0 Å². The number of unbranched alkanes of at least 4 members (excludes halogenated alkanes) is 14. The van der Waals surface area contributed by atoms with Gasteiger partial charge in [-0.05, 0) is 37.0 Å². The minimum atomic E-state index is -0.355. The molecule has 3 nitrogen and oxygen atoms in total. The maximum atomic E-state index is 14.7. The molecule has 3 rings (SSSR count). The minimum absolute atomic E-state index is 0.126. The Morgan fingerprint density at radius 1 is 0.718 bits per heavy atom. The van der Waals surface area contributed by atoms with Crippen LogP contribution in [0.5, 0.6) is 0 Å². The topological polar surface area (TPSA) is 31.4 Å². The summed E-state index contributed by atoms with van der Waals surface area (Å²) < 4.78 is 26.8. The van der Waals surface area contributed by atoms with Gasteiger partial charge in [0.2, 0.25) is 0 Å². The van der Waals surface area contributed by atoms with Gasteiger partial charge in [-0.25, -0.2) is 4.39 Å². The first kappa shape index (κ1) is 31.7. The van der Waals surface area contributed by atoms with Gasteiger partial charge in [-0.1, -0.05) is 128 Å². The normalized spacial score (nSPS) is 17.5. The lowest BCUT2D eigenvalue weighted by Crippen LogP contribution is -2.27. The average Bonchev–Trinajstić information content (AvgIpc) is 2.97. The Kier molecular flexibility index (Phi) is 15.7. The van der Waals surface area contributed by atoms with E-state index in [0.717, 1.165) is 48.4 Å². The van der Waals surface area contributed by atoms with Crippen LogP contribution in [-0.4, -0.2) is 18.2 Å². The first-order valence-electron chi connectivity index (χ1n) is 16.2. The fourth-order valence-electron chi connectivity index (χ4n) is 5.54. The van der Waals surface area contributed by atoms with Crippen LogP contribution in [0.15, 0.2) is 36.5 Å². The summed E-state index contributed by atoms with van der Waals surface area (Å²) in [6.45, 7) is 5.99. The van der Waals surface area contributed by atoms with Crippen LogP contribution in [0.1, 0.15) is 140 Å². The van der Waals surface area contributed by atoms with Gasteiger partial charge in [-0.15, -0.1) is 0 Å². The number of aryl methyl sites for hydroxylation is 1. The number of benzene rings is 1. The first-order chi connectivity index (χ1) is 19.2. The molecule has 1 aromatic carbocycles. The molecule has 0 atom stereocenters. The number of halogens is 1. The second-order valence-corrected chi connectivity index (χ2v) is 11.6. The highest BCUT2D eigenvalue weighted by Gasteiger charge is 2.23. The van der Waals surface area contributed by atoms with Crippen molar-refractivity contribution in [2.45, 2.75) is 136 Å². The van der Waals surface area contributed by atoms with Crippen molar-refractivity contribution in [3.8, 4) is 11.3 Å². The molecule has 39 heavy (non-hydrogen) atoms. The van der Waals surface area contributed by atoms with Crippen LogP contribution in [0.4, 0.5) is 4.39 Å². The number of ether oxygens (including phenoxy) is 2. The van der Waals surface area contributed by atoms with Crippen LogP contribution in [-0.2, 0) is 15.9 Å². The molecule has 1 aliphatic heterocycles. The van der Waals surface area contributed by atoms with E-state index in [1.807, 2.05) is 30.5 Å². The van der Waals surface area contributed by atoms with E-state index in [2.05, 4.69) is 18.8 Å². The molecule has 218 valence electrons. The van der Waals surface area contributed by atoms with E-state index in [0.29, 0.717) is 5.92 Å². The lowest BCUT2D eigenvalue weighted by molar-refractivity contribution is -0.206. The molecule has 0 amide bonds. The van der Waals surface area contributed by atoms with Crippen molar-refractivity contribution in [1.29, 1.82) is 0 Å². The van der Waals surface area contributed by atoms with Crippen molar-refractivity contribution < 1.29 is 13.9 Å². The van der Waals surface area contributed by atoms with Crippen molar-refractivity contribution in [3.05, 3.63) is 53.5 Å². The Bertz CT molecular complexity index is 892. The first-order valence-corrected chi connectivity index (χ1v) is 16.2. The summed E-state index contributed by atoms with van der Waals surface area (Å²) in [7, 11) is 0. The van der Waals surface area contributed by atoms with Crippen molar-refractivity contribution in [2.24, 2.45) is 5.92 Å². The highest BCUT2D eigenvalue weighted by Crippen LogP contribution is 2.29. The van der Waals surface area contributed by atoms with Crippen molar-refractivity contribution in [3.63, 3.8) is 0 Å². The lowest BCUT2D eigenvalue weighted by Gasteiger charge is -2.29. The second kappa shape index (κ2) is 19.3. The van der Waals surface area contributed by atoms with Crippen LogP contribution < -0.4 is 0 Å². The highest BCUT2D eigenvalue weighted by molar-refractivity contribution is 5.59. The third-order valence-corrected chi connectivity index (χ3v) is 8.14. The fourth-order valence-corrected chi connectivity index (χ4v) is 5.54. The summed E-state index contributed by atoms with van der Waals surface area (Å²) in [6, 6.07) is 9.48. The highest BCUT2D eigenvalue weighted by atomic mass is 19.1. The molecule has 0 saturated carbocycles. The van der Waals surface area contributed by atoms with E-state index in [4.69, 9.17) is 9.47 Å². The molecule has 0 bridgehead atoms. The smallest absolute Gasteiger partial charge is 0.185 e. The third kappa shape index (κ3) is 12.1. The monoisotopic (exact) mass is 539 g/mol. The molecule has 0 radical (unpaired) electrons. The van der Waals surface area contributed by atoms with Gasteiger partial charge < -0.3 is 9.47 Å². The summed E-state index contributed by atoms with van der Waals surface area (Å²) in [6.07, 6.45) is 24.4. The second-order valence-electron chi connectivity index (χ2n) is 11.6. The number of hydrogen-bond acceptors (Lipinski definition) is 3. The van der Waals surface area contributed by atoms with Gasteiger partial charge in [0, 0.05) is 23.2 Å². The lowest BCUT2D eigenvalue weighted by atomic mass is 10.0. The van der Waals surface area contributed by atoms with Gasteiger partial charge in [-0.3, -0.25) is 4.98 Å². The van der Waals surface area contributed by atoms with E-state index in [9.17, 15) is 4.39 Å². The molecule has 0 aliphatic carbocycles. The van der Waals surface area contributed by atoms with Crippen molar-refractivity contribution in [1.82, 2.24) is 4.98 Å². The number of aromatic nitrogens is 1. The number of hydrogen-bond donors (Lipinski definition) is 0. The van der Waals surface area contributed by atoms with Crippen LogP contribution in [0.25, 0.3) is 11.3 Å². The van der Waals surface area contributed by atoms with E-state index >= 15 is 0 Å². The van der Waals surface area contributed by atoms with Gasteiger partial charge in [0.1, 0.15) is 5.82 Å². The zero-order valence-electron chi connectivity index (χ0n) is 24.9. The summed E-state index contributed by atoms with van der Waals surface area (Å²) in [5, 5.41) is 0. The fraction of sp³-hybridized carbons (Fsp3) is 0.686. The van der Waals surface area contributed by atoms with Crippen LogP contribution in [0.3, 0.4) is 0 Å². The van der Waals surface area contributed by atoms with Gasteiger partial charge in [0.25, 0.3) is 0 Å². The largest absolute Gasteiger partial charge is 0.348 e. The molecule has 0 N–H and O–H groups in total. The van der Waals surface area contributed by atoms with Crippen LogP contribution in [0, 0.1) is 11.7 Å². The molecular weight excluding hydrogens is 485 g/mol. The van der Waals surface area contributed by atoms with Gasteiger partial charge >= 0.3 is 0 Å². The number of pyridine rings is 1. The molecule has 0 unspecified atom stereocenters. The predicted molar refractivity (Wildman–Crippen MR) is 161 cm³/mol. The quantitative estimate of drug-likeness (QED) is 0.157. The molecule has 1 aliphatic rings. The summed E-state index contributed by atoms with van der Waals surface area (Å²) in [5.41, 5.74) is 3.32. The van der Waals surface area contributed by atoms with Gasteiger partial charge in [0.05, 0.1) is 18.9 Å². The third-order valence-electron chi connectivity index (χ3n) is 8.14. The zero-order chi connectivity index (χ0) is 27.5. The zero-order valence-corrected chi connectivity index (χ0v) is 24.9. The molecule has 0 spiro atoms. The van der Waals surface area contributed by atoms with E-state index in [1.165, 1.54) is 103 Å². The SMILES string of the molecule is CCCCCCCCCCCC[C@H]1CO[C@H](c2ccc(-c3ccc(CCCCCCCC)c(F)c3)nc2)OC1. The molecule has 1 saturated heterocycles. The predicted octanol–water partition coefficient (Wildman–Crippen LogP) is 10.8. The van der Waals surface area contributed by atoms with E-state index in [1.54, 1.807) is 6.07 Å². The average molecular weight is 540 g/mol. The summed E-state index contributed by atoms with van der Waals surface area (Å²) in [4.78, 5) is 4.60. The molecule has 2 heterocycles. The summed E-state index contributed by atoms with van der Waals surface area (Å²) >= 11 is 0. The molecule has 2 aromatic rings. The number of nitrogens with zero attached hydrogens (tertiary/aromatic N) is 1. The molecule has 4 heteroatoms. The Labute approximate surface area is 238 Å². The maximum absolute atomic E-state index is 14.7. The Balaban J connectivity index is 1.32. The Morgan fingerprint density at radius 3 is 1.87 bits per heavy atom. The molecule has 1 aromatic heterocycles. The Morgan fingerprint density at radius 2 is 1.31 bits per heavy atom. The van der Waals surface area contributed by atoms with Crippen molar-refractivity contribution in [2.75, 3.05) is 13.2 Å². The maximum Gasteiger partial charge on any atom is 0.185 e. The van der Waals surface area contributed by atoms with E-state index in [-0.39, 0.29) is 12.1 Å². The summed E-state index contributed by atoms with van der Waals surface area (Å²) in [5.74, 6) is 0.361. The van der Waals surface area contributed by atoms with Crippen LogP contribution in [0.2, 0.25) is 0 Å². The standard InChI is InChI=1S/C35H54FNO2/c1-3-5-7-9-11-12-13-14-15-17-19-29-27-38-35(39-28-29)32-23-24-34(37-26-32)31-22-21-30(33(36)25-31)20-18-16-10-8-6-4-2/h21-26,29,35H,3-20,27-28H2,1-2H3/t29-,35-. The number of rotatable bonds is 20. The Hall–Kier alpha value is -1.78. The van der Waals surface area contributed by atoms with Gasteiger partial charge in [-0.2, -0.15) is 0 Å². The minimum Gasteiger partial charge on any atom is -0.348 e.